The summed E-state index contributed by atoms with van der Waals surface area (Å²) in [6.07, 6.45) is 1.49. The van der Waals surface area contributed by atoms with E-state index in [1.165, 1.54) is 0 Å². The summed E-state index contributed by atoms with van der Waals surface area (Å²) in [6.45, 7) is 2.63. The van der Waals surface area contributed by atoms with Gasteiger partial charge in [0.05, 0.1) is 25.2 Å². The molecule has 0 radical (unpaired) electrons. The normalized spacial score (nSPS) is 30.5. The van der Waals surface area contributed by atoms with Gasteiger partial charge in [-0.3, -0.25) is 0 Å². The molecule has 0 aliphatic carbocycles. The second kappa shape index (κ2) is 5.18. The van der Waals surface area contributed by atoms with Gasteiger partial charge in [-0.05, 0) is 31.5 Å². The summed E-state index contributed by atoms with van der Waals surface area (Å²) in [5.41, 5.74) is 0.687. The first-order valence-corrected chi connectivity index (χ1v) is 9.02. The Morgan fingerprint density at radius 1 is 1.43 bits per heavy atom. The molecule has 0 spiro atoms. The second-order valence-electron chi connectivity index (χ2n) is 6.14. The molecule has 1 aromatic rings. The van der Waals surface area contributed by atoms with Crippen molar-refractivity contribution < 1.29 is 17.9 Å². The van der Waals surface area contributed by atoms with Crippen LogP contribution in [-0.4, -0.2) is 39.2 Å². The van der Waals surface area contributed by atoms with Crippen LogP contribution < -0.4 is 14.8 Å². The number of benzene rings is 1. The van der Waals surface area contributed by atoms with Crippen LogP contribution in [0.2, 0.25) is 0 Å². The summed E-state index contributed by atoms with van der Waals surface area (Å²) in [4.78, 5) is 0. The zero-order chi connectivity index (χ0) is 15.1. The maximum Gasteiger partial charge on any atom is 0.152 e. The molecule has 0 bridgehead atoms. The van der Waals surface area contributed by atoms with Crippen molar-refractivity contribution in [2.45, 2.75) is 31.3 Å². The predicted molar refractivity (Wildman–Crippen MR) is 80.7 cm³/mol. The fourth-order valence-corrected chi connectivity index (χ4v) is 5.30. The molecule has 2 unspecified atom stereocenters. The standard InChI is InChI=1S/C15H21NO4S/c1-15(6-8-21(17,18)10-15)16-13-5-7-20-14-4-3-11(19-2)9-12(13)14/h3-4,9,13,16H,5-8,10H2,1-2H3. The quantitative estimate of drug-likeness (QED) is 0.920. The van der Waals surface area contributed by atoms with Crippen LogP contribution >= 0.6 is 0 Å². The minimum Gasteiger partial charge on any atom is -0.497 e. The summed E-state index contributed by atoms with van der Waals surface area (Å²) in [5.74, 6) is 2.11. The zero-order valence-electron chi connectivity index (χ0n) is 12.4. The average molecular weight is 311 g/mol. The first kappa shape index (κ1) is 14.7. The van der Waals surface area contributed by atoms with Gasteiger partial charge in [-0.15, -0.1) is 0 Å². The highest BCUT2D eigenvalue weighted by Gasteiger charge is 2.40. The molecule has 0 amide bonds. The van der Waals surface area contributed by atoms with Gasteiger partial charge in [0.15, 0.2) is 9.84 Å². The third kappa shape index (κ3) is 3.01. The van der Waals surface area contributed by atoms with E-state index in [0.29, 0.717) is 13.0 Å². The van der Waals surface area contributed by atoms with Gasteiger partial charge in [-0.25, -0.2) is 8.42 Å². The van der Waals surface area contributed by atoms with Crippen LogP contribution in [0, 0.1) is 0 Å². The van der Waals surface area contributed by atoms with Crippen LogP contribution in [0.15, 0.2) is 18.2 Å². The smallest absolute Gasteiger partial charge is 0.152 e. The van der Waals surface area contributed by atoms with Gasteiger partial charge in [0.1, 0.15) is 11.5 Å². The summed E-state index contributed by atoms with van der Waals surface area (Å²) in [7, 11) is -1.28. The molecule has 2 aliphatic heterocycles. The Morgan fingerprint density at radius 2 is 2.24 bits per heavy atom. The van der Waals surface area contributed by atoms with E-state index in [9.17, 15) is 8.42 Å². The van der Waals surface area contributed by atoms with Crippen LogP contribution in [0.4, 0.5) is 0 Å². The van der Waals surface area contributed by atoms with Crippen LogP contribution in [0.25, 0.3) is 0 Å². The highest BCUT2D eigenvalue weighted by molar-refractivity contribution is 7.91. The van der Waals surface area contributed by atoms with Crippen LogP contribution in [0.5, 0.6) is 11.5 Å². The zero-order valence-corrected chi connectivity index (χ0v) is 13.2. The fourth-order valence-electron chi connectivity index (χ4n) is 3.19. The van der Waals surface area contributed by atoms with Crippen molar-refractivity contribution in [3.05, 3.63) is 23.8 Å². The molecular weight excluding hydrogens is 290 g/mol. The SMILES string of the molecule is COc1ccc2c(c1)C(NC1(C)CCS(=O)(=O)C1)CCO2. The average Bonchev–Trinajstić information content (AvgIpc) is 2.72. The van der Waals surface area contributed by atoms with E-state index >= 15 is 0 Å². The van der Waals surface area contributed by atoms with E-state index in [1.54, 1.807) is 7.11 Å². The van der Waals surface area contributed by atoms with Gasteiger partial charge >= 0.3 is 0 Å². The van der Waals surface area contributed by atoms with E-state index in [-0.39, 0.29) is 23.1 Å². The molecule has 6 heteroatoms. The maximum atomic E-state index is 11.7. The van der Waals surface area contributed by atoms with Gasteiger partial charge in [0.2, 0.25) is 0 Å². The highest BCUT2D eigenvalue weighted by atomic mass is 32.2. The number of nitrogens with one attached hydrogen (secondary N) is 1. The molecule has 3 rings (SSSR count). The van der Waals surface area contributed by atoms with Crippen molar-refractivity contribution in [1.82, 2.24) is 5.32 Å². The van der Waals surface area contributed by atoms with Crippen molar-refractivity contribution in [3.8, 4) is 11.5 Å². The minimum absolute atomic E-state index is 0.0992. The highest BCUT2D eigenvalue weighted by Crippen LogP contribution is 2.37. The molecule has 116 valence electrons. The number of fused-ring (bicyclic) bond motifs is 1. The maximum absolute atomic E-state index is 11.7. The summed E-state index contributed by atoms with van der Waals surface area (Å²) in [5, 5.41) is 3.54. The lowest BCUT2D eigenvalue weighted by atomic mass is 9.94. The lowest BCUT2D eigenvalue weighted by molar-refractivity contribution is 0.226. The van der Waals surface area contributed by atoms with E-state index in [0.717, 1.165) is 23.5 Å². The van der Waals surface area contributed by atoms with E-state index in [1.807, 2.05) is 25.1 Å². The van der Waals surface area contributed by atoms with Gasteiger partial charge in [0.25, 0.3) is 0 Å². The Morgan fingerprint density at radius 3 is 2.90 bits per heavy atom. The number of sulfone groups is 1. The monoisotopic (exact) mass is 311 g/mol. The molecule has 1 aromatic carbocycles. The first-order valence-electron chi connectivity index (χ1n) is 7.20. The fraction of sp³-hybridized carbons (Fsp3) is 0.600. The van der Waals surface area contributed by atoms with Crippen molar-refractivity contribution in [2.75, 3.05) is 25.2 Å². The van der Waals surface area contributed by atoms with Crippen molar-refractivity contribution in [1.29, 1.82) is 0 Å². The van der Waals surface area contributed by atoms with Gasteiger partial charge < -0.3 is 14.8 Å². The van der Waals surface area contributed by atoms with E-state index in [2.05, 4.69) is 5.32 Å². The Kier molecular flexibility index (Phi) is 3.61. The predicted octanol–water partition coefficient (Wildman–Crippen LogP) is 1.69. The van der Waals surface area contributed by atoms with Gasteiger partial charge in [-0.1, -0.05) is 0 Å². The molecule has 0 saturated carbocycles. The summed E-state index contributed by atoms with van der Waals surface area (Å²) >= 11 is 0. The molecule has 0 aromatic heterocycles. The van der Waals surface area contributed by atoms with Crippen molar-refractivity contribution >= 4 is 9.84 Å². The number of rotatable bonds is 3. The number of methoxy groups -OCH3 is 1. The number of ether oxygens (including phenoxy) is 2. The lowest BCUT2D eigenvalue weighted by Gasteiger charge is -2.34. The first-order chi connectivity index (χ1) is 9.91. The summed E-state index contributed by atoms with van der Waals surface area (Å²) in [6, 6.07) is 5.86. The summed E-state index contributed by atoms with van der Waals surface area (Å²) < 4.78 is 34.5. The number of hydrogen-bond acceptors (Lipinski definition) is 5. The Balaban J connectivity index is 1.85. The van der Waals surface area contributed by atoms with Crippen LogP contribution in [0.3, 0.4) is 0 Å². The molecule has 1 saturated heterocycles. The number of hydrogen-bond donors (Lipinski definition) is 1. The van der Waals surface area contributed by atoms with Gasteiger partial charge in [0, 0.05) is 23.6 Å². The van der Waals surface area contributed by atoms with E-state index < -0.39 is 9.84 Å². The minimum atomic E-state index is -2.91. The molecular formula is C15H21NO4S. The topological polar surface area (TPSA) is 64.6 Å². The van der Waals surface area contributed by atoms with Gasteiger partial charge in [-0.2, -0.15) is 0 Å². The Bertz CT molecular complexity index is 643. The Hall–Kier alpha value is -1.27. The van der Waals surface area contributed by atoms with Crippen LogP contribution in [-0.2, 0) is 9.84 Å². The van der Waals surface area contributed by atoms with Crippen molar-refractivity contribution in [3.63, 3.8) is 0 Å². The molecule has 1 N–H and O–H groups in total. The Labute approximate surface area is 125 Å². The lowest BCUT2D eigenvalue weighted by Crippen LogP contribution is -2.46. The second-order valence-corrected chi connectivity index (χ2v) is 8.32. The molecule has 2 atom stereocenters. The van der Waals surface area contributed by atoms with E-state index in [4.69, 9.17) is 9.47 Å². The molecule has 2 aliphatic rings. The third-order valence-electron chi connectivity index (χ3n) is 4.28. The molecule has 1 fully saturated rings. The third-order valence-corrected chi connectivity index (χ3v) is 6.19. The van der Waals surface area contributed by atoms with Crippen LogP contribution in [0.1, 0.15) is 31.4 Å². The largest absolute Gasteiger partial charge is 0.497 e. The molecule has 5 nitrogen and oxygen atoms in total. The molecule has 2 heterocycles. The molecule has 21 heavy (non-hydrogen) atoms. The van der Waals surface area contributed by atoms with Crippen molar-refractivity contribution in [2.24, 2.45) is 0 Å².